The van der Waals surface area contributed by atoms with Crippen LogP contribution in [0.15, 0.2) is 65.5 Å². The monoisotopic (exact) mass is 373 g/mol. The molecule has 0 bridgehead atoms. The van der Waals surface area contributed by atoms with Crippen molar-refractivity contribution in [2.75, 3.05) is 5.32 Å². The van der Waals surface area contributed by atoms with Gasteiger partial charge in [0.2, 0.25) is 5.91 Å². The number of nitrogens with zero attached hydrogens (tertiary/aromatic N) is 3. The molecule has 2 N–H and O–H groups in total. The molecule has 4 rings (SSSR count). The number of para-hydroxylation sites is 1. The number of hydrogen-bond donors (Lipinski definition) is 2. The van der Waals surface area contributed by atoms with Gasteiger partial charge in [0.25, 0.3) is 5.56 Å². The number of nitrogens with one attached hydrogen (secondary N) is 2. The number of carbonyl (C=O) groups excluding carboxylic acids is 1. The van der Waals surface area contributed by atoms with Crippen molar-refractivity contribution in [3.05, 3.63) is 82.4 Å². The van der Waals surface area contributed by atoms with Gasteiger partial charge in [-0.2, -0.15) is 10.2 Å². The second kappa shape index (κ2) is 7.48. The predicted octanol–water partition coefficient (Wildman–Crippen LogP) is 2.83. The number of aromatic amines is 1. The fraction of sp³-hybridized carbons (Fsp3) is 0.143. The van der Waals surface area contributed by atoms with Crippen molar-refractivity contribution in [3.8, 4) is 11.3 Å². The average molecular weight is 373 g/mol. The molecule has 0 spiro atoms. The minimum Gasteiger partial charge on any atom is -0.325 e. The Kier molecular flexibility index (Phi) is 4.72. The number of anilines is 1. The third-order valence-electron chi connectivity index (χ3n) is 4.53. The van der Waals surface area contributed by atoms with Gasteiger partial charge in [-0.1, -0.05) is 55.5 Å². The van der Waals surface area contributed by atoms with Crippen molar-refractivity contribution in [2.24, 2.45) is 0 Å². The molecule has 2 aromatic heterocycles. The molecule has 0 aliphatic rings. The summed E-state index contributed by atoms with van der Waals surface area (Å²) in [6.07, 6.45) is 0.804. The molecule has 0 aliphatic carbocycles. The Morgan fingerprint density at radius 2 is 1.86 bits per heavy atom. The number of amides is 1. The maximum atomic E-state index is 12.6. The summed E-state index contributed by atoms with van der Waals surface area (Å²) in [5.74, 6) is 0.141. The van der Waals surface area contributed by atoms with E-state index in [4.69, 9.17) is 0 Å². The lowest BCUT2D eigenvalue weighted by Crippen LogP contribution is -2.22. The first-order valence-corrected chi connectivity index (χ1v) is 9.06. The van der Waals surface area contributed by atoms with Crippen LogP contribution >= 0.6 is 0 Å². The highest BCUT2D eigenvalue weighted by Crippen LogP contribution is 2.19. The summed E-state index contributed by atoms with van der Waals surface area (Å²) in [6, 6.07) is 18.9. The lowest BCUT2D eigenvalue weighted by Gasteiger charge is -2.09. The zero-order valence-electron chi connectivity index (χ0n) is 15.3. The Bertz CT molecular complexity index is 1190. The third-order valence-corrected chi connectivity index (χ3v) is 4.53. The van der Waals surface area contributed by atoms with Crippen LogP contribution in [0.1, 0.15) is 18.3 Å². The number of carbonyl (C=O) groups is 1. The van der Waals surface area contributed by atoms with Gasteiger partial charge in [-0.3, -0.25) is 9.59 Å². The first-order chi connectivity index (χ1) is 13.7. The van der Waals surface area contributed by atoms with Crippen molar-refractivity contribution >= 4 is 17.1 Å². The Morgan fingerprint density at radius 1 is 1.11 bits per heavy atom. The fourth-order valence-corrected chi connectivity index (χ4v) is 3.11. The third kappa shape index (κ3) is 3.42. The molecule has 0 saturated carbocycles. The molecule has 4 aromatic rings. The van der Waals surface area contributed by atoms with E-state index < -0.39 is 0 Å². The molecule has 0 saturated heterocycles. The zero-order valence-corrected chi connectivity index (χ0v) is 15.3. The van der Waals surface area contributed by atoms with Crippen LogP contribution in [-0.2, 0) is 17.6 Å². The van der Waals surface area contributed by atoms with E-state index in [1.807, 2.05) is 61.5 Å². The van der Waals surface area contributed by atoms with Gasteiger partial charge in [-0.15, -0.1) is 0 Å². The second-order valence-corrected chi connectivity index (χ2v) is 6.40. The lowest BCUT2D eigenvalue weighted by atomic mass is 10.1. The molecular weight excluding hydrogens is 354 g/mol. The summed E-state index contributed by atoms with van der Waals surface area (Å²) in [5, 5.41) is 13.9. The maximum Gasteiger partial charge on any atom is 0.290 e. The van der Waals surface area contributed by atoms with E-state index in [1.54, 1.807) is 6.07 Å². The van der Waals surface area contributed by atoms with Gasteiger partial charge in [-0.05, 0) is 24.1 Å². The number of aryl methyl sites for hydroxylation is 1. The Morgan fingerprint density at radius 3 is 2.64 bits per heavy atom. The van der Waals surface area contributed by atoms with Crippen molar-refractivity contribution in [2.45, 2.75) is 19.8 Å². The highest BCUT2D eigenvalue weighted by molar-refractivity contribution is 5.92. The van der Waals surface area contributed by atoms with E-state index in [2.05, 4.69) is 20.6 Å². The standard InChI is InChI=1S/C21H19N5O2/c1-2-14-8-6-7-11-16(14)22-20(27)13-19-23-24-21(28)18-12-17(25-26(18)19)15-9-4-3-5-10-15/h3-12H,2,13H2,1H3,(H,22,27)(H,24,28). The predicted molar refractivity (Wildman–Crippen MR) is 107 cm³/mol. The molecule has 7 heteroatoms. The van der Waals surface area contributed by atoms with Crippen LogP contribution < -0.4 is 10.9 Å². The average Bonchev–Trinajstić information content (AvgIpc) is 3.18. The van der Waals surface area contributed by atoms with Crippen LogP contribution in [0.5, 0.6) is 0 Å². The molecule has 0 atom stereocenters. The van der Waals surface area contributed by atoms with Crippen LogP contribution in [0.2, 0.25) is 0 Å². The molecular formula is C21H19N5O2. The number of rotatable bonds is 5. The van der Waals surface area contributed by atoms with E-state index >= 15 is 0 Å². The van der Waals surface area contributed by atoms with Crippen LogP contribution in [-0.4, -0.2) is 25.7 Å². The maximum absolute atomic E-state index is 12.6. The lowest BCUT2D eigenvalue weighted by molar-refractivity contribution is -0.115. The smallest absolute Gasteiger partial charge is 0.290 e. The molecule has 7 nitrogen and oxygen atoms in total. The minimum atomic E-state index is -0.352. The summed E-state index contributed by atoms with van der Waals surface area (Å²) < 4.78 is 1.44. The number of hydrogen-bond acceptors (Lipinski definition) is 4. The number of H-pyrrole nitrogens is 1. The summed E-state index contributed by atoms with van der Waals surface area (Å²) in [4.78, 5) is 24.7. The van der Waals surface area contributed by atoms with Gasteiger partial charge < -0.3 is 5.32 Å². The first kappa shape index (κ1) is 17.7. The van der Waals surface area contributed by atoms with E-state index in [-0.39, 0.29) is 17.9 Å². The summed E-state index contributed by atoms with van der Waals surface area (Å²) in [7, 11) is 0. The van der Waals surface area contributed by atoms with Crippen molar-refractivity contribution < 1.29 is 4.79 Å². The van der Waals surface area contributed by atoms with E-state index in [0.29, 0.717) is 17.0 Å². The molecule has 28 heavy (non-hydrogen) atoms. The van der Waals surface area contributed by atoms with Gasteiger partial charge in [0.15, 0.2) is 5.82 Å². The van der Waals surface area contributed by atoms with Gasteiger partial charge in [0.05, 0.1) is 12.1 Å². The summed E-state index contributed by atoms with van der Waals surface area (Å²) >= 11 is 0. The van der Waals surface area contributed by atoms with Crippen LogP contribution in [0, 0.1) is 0 Å². The van der Waals surface area contributed by atoms with Crippen LogP contribution in [0.25, 0.3) is 16.8 Å². The summed E-state index contributed by atoms with van der Waals surface area (Å²) in [5.41, 5.74) is 3.37. The van der Waals surface area contributed by atoms with Crippen molar-refractivity contribution in [3.63, 3.8) is 0 Å². The SMILES string of the molecule is CCc1ccccc1NC(=O)Cc1n[nH]c(=O)c2cc(-c3ccccc3)nn12. The van der Waals surface area contributed by atoms with E-state index in [9.17, 15) is 9.59 Å². The largest absolute Gasteiger partial charge is 0.325 e. The fourth-order valence-electron chi connectivity index (χ4n) is 3.11. The zero-order chi connectivity index (χ0) is 19.5. The Labute approximate surface area is 161 Å². The normalized spacial score (nSPS) is 10.9. The highest BCUT2D eigenvalue weighted by Gasteiger charge is 2.15. The van der Waals surface area contributed by atoms with Crippen molar-refractivity contribution in [1.29, 1.82) is 0 Å². The minimum absolute atomic E-state index is 0.0127. The second-order valence-electron chi connectivity index (χ2n) is 6.40. The van der Waals surface area contributed by atoms with E-state index in [1.165, 1.54) is 4.52 Å². The van der Waals surface area contributed by atoms with Gasteiger partial charge in [0.1, 0.15) is 5.52 Å². The first-order valence-electron chi connectivity index (χ1n) is 9.06. The van der Waals surface area contributed by atoms with Gasteiger partial charge in [0, 0.05) is 11.3 Å². The molecule has 140 valence electrons. The quantitative estimate of drug-likeness (QED) is 0.563. The number of benzene rings is 2. The molecule has 0 fully saturated rings. The molecule has 1 amide bonds. The molecule has 0 unspecified atom stereocenters. The van der Waals surface area contributed by atoms with Crippen LogP contribution in [0.4, 0.5) is 5.69 Å². The van der Waals surface area contributed by atoms with Crippen molar-refractivity contribution in [1.82, 2.24) is 19.8 Å². The van der Waals surface area contributed by atoms with Gasteiger partial charge in [-0.25, -0.2) is 9.61 Å². The Balaban J connectivity index is 1.65. The van der Waals surface area contributed by atoms with Crippen LogP contribution in [0.3, 0.4) is 0 Å². The molecule has 2 heterocycles. The number of aromatic nitrogens is 4. The van der Waals surface area contributed by atoms with Gasteiger partial charge >= 0.3 is 0 Å². The Hall–Kier alpha value is -3.74. The molecule has 0 aliphatic heterocycles. The topological polar surface area (TPSA) is 92.1 Å². The number of fused-ring (bicyclic) bond motifs is 1. The molecule has 0 radical (unpaired) electrons. The summed E-state index contributed by atoms with van der Waals surface area (Å²) in [6.45, 7) is 2.03. The van der Waals surface area contributed by atoms with E-state index in [0.717, 1.165) is 23.2 Å². The molecule has 2 aromatic carbocycles. The highest BCUT2D eigenvalue weighted by atomic mass is 16.1.